The minimum absolute atomic E-state index is 0.213. The van der Waals surface area contributed by atoms with Crippen molar-refractivity contribution in [3.63, 3.8) is 0 Å². The van der Waals surface area contributed by atoms with Gasteiger partial charge in [0.15, 0.2) is 0 Å². The number of nitrogens with zero attached hydrogens (tertiary/aromatic N) is 6. The fourth-order valence-corrected chi connectivity index (χ4v) is 5.56. The summed E-state index contributed by atoms with van der Waals surface area (Å²) in [7, 11) is -2.46. The first-order chi connectivity index (χ1) is 17.7. The highest BCUT2D eigenvalue weighted by Crippen LogP contribution is 2.29. The van der Waals surface area contributed by atoms with Crippen molar-refractivity contribution < 1.29 is 18.1 Å². The van der Waals surface area contributed by atoms with Crippen molar-refractivity contribution in [3.05, 3.63) is 62.9 Å². The number of ether oxygens (including phenoxy) is 1. The minimum atomic E-state index is -4.23. The normalized spacial score (nSPS) is 15.2. The molecule has 4 rings (SSSR count). The van der Waals surface area contributed by atoms with Gasteiger partial charge in [-0.1, -0.05) is 15.9 Å². The Hall–Kier alpha value is -3.07. The third kappa shape index (κ3) is 6.44. The zero-order valence-corrected chi connectivity index (χ0v) is 22.9. The molecule has 3 heterocycles. The number of anilines is 1. The van der Waals surface area contributed by atoms with E-state index in [1.54, 1.807) is 35.8 Å². The van der Waals surface area contributed by atoms with Crippen LogP contribution < -0.4 is 9.73 Å². The molecule has 0 bridgehead atoms. The highest BCUT2D eigenvalue weighted by atomic mass is 79.9. The largest absolute Gasteiger partial charge is 0.379 e. The monoisotopic (exact) mass is 593 g/mol. The summed E-state index contributed by atoms with van der Waals surface area (Å²) in [6, 6.07) is 7.51. The van der Waals surface area contributed by atoms with Crippen molar-refractivity contribution in [2.45, 2.75) is 18.2 Å². The second-order valence-corrected chi connectivity index (χ2v) is 11.2. The van der Waals surface area contributed by atoms with Crippen LogP contribution in [0.3, 0.4) is 0 Å². The molecular weight excluding hydrogens is 566 g/mol. The first-order valence-electron chi connectivity index (χ1n) is 11.6. The molecule has 1 saturated heterocycles. The second kappa shape index (κ2) is 11.5. The Labute approximate surface area is 223 Å². The number of nitrogens with one attached hydrogen (secondary N) is 1. The first-order valence-corrected chi connectivity index (χ1v) is 13.9. The Kier molecular flexibility index (Phi) is 8.42. The summed E-state index contributed by atoms with van der Waals surface area (Å²) in [4.78, 5) is 16.9. The van der Waals surface area contributed by atoms with E-state index in [-0.39, 0.29) is 10.6 Å². The number of fused-ring (bicyclic) bond motifs is 1. The molecule has 1 aliphatic rings. The number of sulfonamides is 1. The molecule has 12 nitrogen and oxygen atoms in total. The standard InChI is InChI=1S/C23H28BrN7O5S/c1-17(20-16-25-30-9-6-18(24)14-22(20)30)26-27-37(34,35)23-15-19(31(32)33)4-5-21(23)28(2)7-3-8-29-10-12-36-13-11-29/h4-6,9,14-16,27H,3,7-8,10-13H2,1-2H3/b26-17-. The maximum Gasteiger partial charge on any atom is 0.278 e. The van der Waals surface area contributed by atoms with Crippen LogP contribution in [0.15, 0.2) is 57.2 Å². The molecule has 1 fully saturated rings. The minimum Gasteiger partial charge on any atom is -0.379 e. The number of non-ortho nitro benzene ring substituents is 1. The lowest BCUT2D eigenvalue weighted by Crippen LogP contribution is -2.38. The number of halogens is 1. The van der Waals surface area contributed by atoms with Gasteiger partial charge in [-0.15, -0.1) is 0 Å². The fourth-order valence-electron chi connectivity index (χ4n) is 4.10. The summed E-state index contributed by atoms with van der Waals surface area (Å²) >= 11 is 3.42. The van der Waals surface area contributed by atoms with Crippen molar-refractivity contribution in [2.24, 2.45) is 5.10 Å². The number of morpholine rings is 1. The van der Waals surface area contributed by atoms with Crippen molar-refractivity contribution in [3.8, 4) is 0 Å². The molecule has 1 N–H and O–H groups in total. The Balaban J connectivity index is 1.56. The molecule has 0 aliphatic carbocycles. The summed E-state index contributed by atoms with van der Waals surface area (Å²) in [5.74, 6) is 0. The topological polar surface area (TPSA) is 135 Å². The quantitative estimate of drug-likeness (QED) is 0.215. The van der Waals surface area contributed by atoms with E-state index >= 15 is 0 Å². The van der Waals surface area contributed by atoms with E-state index in [4.69, 9.17) is 4.74 Å². The van der Waals surface area contributed by atoms with Gasteiger partial charge in [-0.3, -0.25) is 15.0 Å². The van der Waals surface area contributed by atoms with E-state index in [1.807, 2.05) is 12.1 Å². The molecule has 198 valence electrons. The van der Waals surface area contributed by atoms with E-state index in [1.165, 1.54) is 12.1 Å². The van der Waals surface area contributed by atoms with Gasteiger partial charge >= 0.3 is 0 Å². The molecule has 0 radical (unpaired) electrons. The van der Waals surface area contributed by atoms with Crippen molar-refractivity contribution >= 4 is 48.6 Å². The smallest absolute Gasteiger partial charge is 0.278 e. The first kappa shape index (κ1) is 27.0. The molecule has 14 heteroatoms. The summed E-state index contributed by atoms with van der Waals surface area (Å²) in [6.45, 7) is 6.22. The molecular formula is C23H28BrN7O5S. The third-order valence-electron chi connectivity index (χ3n) is 6.13. The van der Waals surface area contributed by atoms with Gasteiger partial charge in [0.25, 0.3) is 15.7 Å². The van der Waals surface area contributed by atoms with Gasteiger partial charge in [0.2, 0.25) is 0 Å². The van der Waals surface area contributed by atoms with Crippen molar-refractivity contribution in [2.75, 3.05) is 51.3 Å². The number of pyridine rings is 1. The second-order valence-electron chi connectivity index (χ2n) is 8.66. The molecule has 2 aromatic heterocycles. The van der Waals surface area contributed by atoms with Crippen LogP contribution in [0.4, 0.5) is 11.4 Å². The van der Waals surface area contributed by atoms with E-state index in [0.717, 1.165) is 42.1 Å². The Morgan fingerprint density at radius 3 is 2.78 bits per heavy atom. The zero-order valence-electron chi connectivity index (χ0n) is 20.5. The van der Waals surface area contributed by atoms with Crippen LogP contribution in [0.1, 0.15) is 18.9 Å². The number of rotatable bonds is 10. The molecule has 1 aromatic carbocycles. The number of aromatic nitrogens is 2. The predicted octanol–water partition coefficient (Wildman–Crippen LogP) is 2.87. The molecule has 0 spiro atoms. The van der Waals surface area contributed by atoms with Gasteiger partial charge in [-0.2, -0.15) is 23.4 Å². The summed E-state index contributed by atoms with van der Waals surface area (Å²) in [5.41, 5.74) is 1.81. The van der Waals surface area contributed by atoms with E-state index in [0.29, 0.717) is 36.7 Å². The maximum atomic E-state index is 13.3. The average molecular weight is 594 g/mol. The lowest BCUT2D eigenvalue weighted by Gasteiger charge is -2.28. The lowest BCUT2D eigenvalue weighted by molar-refractivity contribution is -0.385. The van der Waals surface area contributed by atoms with Gasteiger partial charge < -0.3 is 9.64 Å². The zero-order chi connectivity index (χ0) is 26.6. The molecule has 0 atom stereocenters. The Morgan fingerprint density at radius 2 is 2.05 bits per heavy atom. The number of hydrogen-bond donors (Lipinski definition) is 1. The molecule has 3 aromatic rings. The van der Waals surface area contributed by atoms with Gasteiger partial charge in [0.05, 0.1) is 41.2 Å². The molecule has 0 amide bonds. The number of nitro groups is 1. The maximum absolute atomic E-state index is 13.3. The van der Waals surface area contributed by atoms with Crippen molar-refractivity contribution in [1.29, 1.82) is 0 Å². The number of nitro benzene ring substituents is 1. The van der Waals surface area contributed by atoms with Gasteiger partial charge in [0.1, 0.15) is 4.90 Å². The van der Waals surface area contributed by atoms with Crippen LogP contribution in [0, 0.1) is 10.1 Å². The SMILES string of the molecule is C/C(=N/NS(=O)(=O)c1cc([N+](=O)[O-])ccc1N(C)CCCN1CCOCC1)c1cnn2ccc(Br)cc12. The lowest BCUT2D eigenvalue weighted by atomic mass is 10.2. The van der Waals surface area contributed by atoms with E-state index < -0.39 is 14.9 Å². The number of hydrogen-bond acceptors (Lipinski definition) is 9. The van der Waals surface area contributed by atoms with E-state index in [2.05, 4.69) is 35.9 Å². The summed E-state index contributed by atoms with van der Waals surface area (Å²) in [5, 5.41) is 19.8. The Morgan fingerprint density at radius 1 is 1.30 bits per heavy atom. The highest BCUT2D eigenvalue weighted by molar-refractivity contribution is 9.10. The summed E-state index contributed by atoms with van der Waals surface area (Å²) in [6.07, 6.45) is 4.16. The predicted molar refractivity (Wildman–Crippen MR) is 144 cm³/mol. The molecule has 0 unspecified atom stereocenters. The van der Waals surface area contributed by atoms with Gasteiger partial charge in [0, 0.05) is 61.6 Å². The van der Waals surface area contributed by atoms with Crippen LogP contribution in [-0.4, -0.2) is 80.0 Å². The average Bonchev–Trinajstić information content (AvgIpc) is 3.30. The van der Waals surface area contributed by atoms with Crippen LogP contribution in [0.25, 0.3) is 5.52 Å². The molecule has 0 saturated carbocycles. The number of hydrazone groups is 1. The highest BCUT2D eigenvalue weighted by Gasteiger charge is 2.24. The molecule has 1 aliphatic heterocycles. The summed E-state index contributed by atoms with van der Waals surface area (Å²) < 4.78 is 34.5. The van der Waals surface area contributed by atoms with Gasteiger partial charge in [-0.05, 0) is 31.5 Å². The van der Waals surface area contributed by atoms with Crippen LogP contribution in [-0.2, 0) is 14.8 Å². The fraction of sp³-hybridized carbons (Fsp3) is 0.391. The van der Waals surface area contributed by atoms with Crippen LogP contribution >= 0.6 is 15.9 Å². The van der Waals surface area contributed by atoms with Crippen LogP contribution in [0.5, 0.6) is 0 Å². The molecule has 37 heavy (non-hydrogen) atoms. The number of benzene rings is 1. The third-order valence-corrected chi connectivity index (χ3v) is 7.86. The van der Waals surface area contributed by atoms with Gasteiger partial charge in [-0.25, -0.2) is 4.52 Å². The van der Waals surface area contributed by atoms with Crippen LogP contribution in [0.2, 0.25) is 0 Å². The van der Waals surface area contributed by atoms with Crippen molar-refractivity contribution in [1.82, 2.24) is 19.3 Å². The van der Waals surface area contributed by atoms with E-state index in [9.17, 15) is 18.5 Å². The Bertz CT molecular complexity index is 1420.